The fourth-order valence-electron chi connectivity index (χ4n) is 4.15. The highest BCUT2D eigenvalue weighted by Gasteiger charge is 2.11. The molecule has 1 amide bonds. The molecule has 40 heavy (non-hydrogen) atoms. The van der Waals surface area contributed by atoms with Crippen molar-refractivity contribution in [3.8, 4) is 17.2 Å². The lowest BCUT2D eigenvalue weighted by atomic mass is 10.2. The molecule has 0 saturated carbocycles. The van der Waals surface area contributed by atoms with Crippen LogP contribution in [-0.4, -0.2) is 16.7 Å². The third kappa shape index (κ3) is 6.62. The van der Waals surface area contributed by atoms with E-state index in [1.807, 2.05) is 72.8 Å². The first kappa shape index (κ1) is 26.8. The first-order chi connectivity index (χ1) is 19.5. The summed E-state index contributed by atoms with van der Waals surface area (Å²) in [5, 5.41) is 4.69. The molecule has 1 N–H and O–H groups in total. The molecule has 2 aromatic heterocycles. The fourth-order valence-corrected chi connectivity index (χ4v) is 4.34. The molecule has 0 aliphatic heterocycles. The van der Waals surface area contributed by atoms with E-state index in [0.717, 1.165) is 16.8 Å². The summed E-state index contributed by atoms with van der Waals surface area (Å²) in [7, 11) is 0. The summed E-state index contributed by atoms with van der Waals surface area (Å²) in [6.07, 6.45) is 1.54. The molecule has 5 aromatic rings. The highest BCUT2D eigenvalue weighted by Crippen LogP contribution is 2.21. The van der Waals surface area contributed by atoms with Crippen LogP contribution in [0.5, 0.6) is 11.5 Å². The van der Waals surface area contributed by atoms with Crippen LogP contribution in [-0.2, 0) is 13.2 Å². The molecular weight excluding hydrogens is 526 g/mol. The van der Waals surface area contributed by atoms with Crippen LogP contribution in [0, 0.1) is 13.8 Å². The largest absolute Gasteiger partial charge is 0.489 e. The summed E-state index contributed by atoms with van der Waals surface area (Å²) in [6.45, 7) is 4.72. The van der Waals surface area contributed by atoms with E-state index in [2.05, 4.69) is 41.1 Å². The minimum Gasteiger partial charge on any atom is -0.489 e. The molecule has 0 aliphatic rings. The molecule has 202 valence electrons. The minimum absolute atomic E-state index is 0.146. The maximum Gasteiger partial charge on any atom is 0.307 e. The van der Waals surface area contributed by atoms with Crippen LogP contribution in [0.1, 0.15) is 38.8 Å². The van der Waals surface area contributed by atoms with Crippen molar-refractivity contribution in [3.05, 3.63) is 136 Å². The van der Waals surface area contributed by atoms with Crippen molar-refractivity contribution in [1.82, 2.24) is 9.99 Å². The Balaban J connectivity index is 1.08. The number of furan rings is 1. The predicted octanol–water partition coefficient (Wildman–Crippen LogP) is 7.26. The van der Waals surface area contributed by atoms with Gasteiger partial charge in [-0.15, -0.1) is 0 Å². The number of hydrogen-bond donors (Lipinski definition) is 1. The van der Waals surface area contributed by atoms with E-state index in [9.17, 15) is 4.79 Å². The van der Waals surface area contributed by atoms with Crippen molar-refractivity contribution >= 4 is 23.7 Å². The van der Waals surface area contributed by atoms with Crippen LogP contribution in [0.25, 0.3) is 5.69 Å². The van der Waals surface area contributed by atoms with Gasteiger partial charge in [0, 0.05) is 27.7 Å². The van der Waals surface area contributed by atoms with Gasteiger partial charge in [0.05, 0.1) is 6.21 Å². The molecule has 0 unspecified atom stereocenters. The Morgan fingerprint density at radius 2 is 1.50 bits per heavy atom. The third-order valence-corrected chi connectivity index (χ3v) is 6.61. The molecule has 0 atom stereocenters. The zero-order valence-electron chi connectivity index (χ0n) is 22.1. The van der Waals surface area contributed by atoms with E-state index < -0.39 is 5.91 Å². The van der Waals surface area contributed by atoms with Crippen LogP contribution >= 0.6 is 11.6 Å². The van der Waals surface area contributed by atoms with Gasteiger partial charge in [-0.2, -0.15) is 5.10 Å². The standard InChI is InChI=1S/C32H28ClN3O4/c1-22-7-8-23(2)36(22)26-11-15-28(16-12-26)39-21-29-17-18-31(40-29)32(37)35-34-19-24-9-13-27(14-10-24)38-20-25-5-3-4-6-30(25)33/h3-19H,20-21H2,1-2H3,(H,35,37)/b34-19+. The number of aromatic nitrogens is 1. The number of hydrogen-bond acceptors (Lipinski definition) is 5. The number of amides is 1. The van der Waals surface area contributed by atoms with Crippen molar-refractivity contribution in [2.24, 2.45) is 5.10 Å². The number of halogens is 1. The van der Waals surface area contributed by atoms with Gasteiger partial charge < -0.3 is 18.5 Å². The zero-order valence-corrected chi connectivity index (χ0v) is 22.9. The summed E-state index contributed by atoms with van der Waals surface area (Å²) >= 11 is 6.17. The summed E-state index contributed by atoms with van der Waals surface area (Å²) in [5.74, 6) is 1.63. The molecule has 7 nitrogen and oxygen atoms in total. The van der Waals surface area contributed by atoms with Gasteiger partial charge in [-0.1, -0.05) is 29.8 Å². The van der Waals surface area contributed by atoms with E-state index in [1.54, 1.807) is 18.3 Å². The number of carbonyl (C=O) groups is 1. The monoisotopic (exact) mass is 553 g/mol. The lowest BCUT2D eigenvalue weighted by molar-refractivity contribution is 0.0923. The van der Waals surface area contributed by atoms with Gasteiger partial charge in [0.15, 0.2) is 5.76 Å². The number of aryl methyl sites for hydroxylation is 2. The minimum atomic E-state index is -0.455. The molecule has 0 spiro atoms. The van der Waals surface area contributed by atoms with Gasteiger partial charge >= 0.3 is 5.91 Å². The van der Waals surface area contributed by atoms with E-state index in [0.29, 0.717) is 28.9 Å². The number of hydrazone groups is 1. The molecule has 0 radical (unpaired) electrons. The van der Waals surface area contributed by atoms with Gasteiger partial charge in [0.25, 0.3) is 0 Å². The lowest BCUT2D eigenvalue weighted by Gasteiger charge is -2.10. The predicted molar refractivity (Wildman–Crippen MR) is 156 cm³/mol. The maximum absolute atomic E-state index is 12.4. The average molecular weight is 554 g/mol. The molecular formula is C32H28ClN3O4. The van der Waals surface area contributed by atoms with Crippen molar-refractivity contribution in [1.29, 1.82) is 0 Å². The van der Waals surface area contributed by atoms with Crippen LogP contribution in [0.4, 0.5) is 0 Å². The van der Waals surface area contributed by atoms with Gasteiger partial charge in [-0.3, -0.25) is 4.79 Å². The average Bonchev–Trinajstić information content (AvgIpc) is 3.58. The van der Waals surface area contributed by atoms with Crippen LogP contribution in [0.15, 0.2) is 107 Å². The highest BCUT2D eigenvalue weighted by atomic mass is 35.5. The smallest absolute Gasteiger partial charge is 0.307 e. The van der Waals surface area contributed by atoms with E-state index in [1.165, 1.54) is 11.4 Å². The summed E-state index contributed by atoms with van der Waals surface area (Å²) in [4.78, 5) is 12.4. The summed E-state index contributed by atoms with van der Waals surface area (Å²) in [5.41, 5.74) is 7.61. The lowest BCUT2D eigenvalue weighted by Crippen LogP contribution is -2.16. The first-order valence-electron chi connectivity index (χ1n) is 12.7. The Kier molecular flexibility index (Phi) is 8.32. The van der Waals surface area contributed by atoms with Crippen LogP contribution in [0.3, 0.4) is 0 Å². The Labute approximate surface area is 237 Å². The second kappa shape index (κ2) is 12.4. The van der Waals surface area contributed by atoms with E-state index in [4.69, 9.17) is 25.5 Å². The number of nitrogens with zero attached hydrogens (tertiary/aromatic N) is 2. The van der Waals surface area contributed by atoms with Crippen molar-refractivity contribution in [3.63, 3.8) is 0 Å². The van der Waals surface area contributed by atoms with Crippen LogP contribution < -0.4 is 14.9 Å². The number of nitrogens with one attached hydrogen (secondary N) is 1. The third-order valence-electron chi connectivity index (χ3n) is 6.24. The molecule has 3 aromatic carbocycles. The number of ether oxygens (including phenoxy) is 2. The Morgan fingerprint density at radius 3 is 2.20 bits per heavy atom. The normalized spacial score (nSPS) is 11.1. The number of benzene rings is 3. The highest BCUT2D eigenvalue weighted by molar-refractivity contribution is 6.31. The Morgan fingerprint density at radius 1 is 0.850 bits per heavy atom. The molecule has 0 bridgehead atoms. The van der Waals surface area contributed by atoms with Crippen LogP contribution in [0.2, 0.25) is 5.02 Å². The number of rotatable bonds is 10. The SMILES string of the molecule is Cc1ccc(C)n1-c1ccc(OCc2ccc(C(=O)N/N=C/c3ccc(OCc4ccccc4Cl)cc3)o2)cc1. The molecule has 0 fully saturated rings. The topological polar surface area (TPSA) is 78.0 Å². The zero-order chi connectivity index (χ0) is 27.9. The molecule has 0 aliphatic carbocycles. The first-order valence-corrected chi connectivity index (χ1v) is 13.1. The van der Waals surface area contributed by atoms with Crippen molar-refractivity contribution in [2.75, 3.05) is 0 Å². The van der Waals surface area contributed by atoms with Gasteiger partial charge in [-0.05, 0) is 98.3 Å². The van der Waals surface area contributed by atoms with Gasteiger partial charge in [0.2, 0.25) is 0 Å². The molecule has 8 heteroatoms. The number of carbonyl (C=O) groups excluding carboxylic acids is 1. The van der Waals surface area contributed by atoms with E-state index >= 15 is 0 Å². The van der Waals surface area contributed by atoms with Gasteiger partial charge in [0.1, 0.15) is 30.5 Å². The van der Waals surface area contributed by atoms with Crippen molar-refractivity contribution < 1.29 is 18.7 Å². The quantitative estimate of drug-likeness (QED) is 0.146. The maximum atomic E-state index is 12.4. The van der Waals surface area contributed by atoms with Gasteiger partial charge in [-0.25, -0.2) is 5.43 Å². The molecule has 0 saturated heterocycles. The summed E-state index contributed by atoms with van der Waals surface area (Å²) in [6, 6.07) is 30.2. The van der Waals surface area contributed by atoms with E-state index in [-0.39, 0.29) is 12.4 Å². The Hall–Kier alpha value is -4.75. The Bertz CT molecular complexity index is 1600. The fraction of sp³-hybridized carbons (Fsp3) is 0.125. The second-order valence-electron chi connectivity index (χ2n) is 9.15. The summed E-state index contributed by atoms with van der Waals surface area (Å²) < 4.78 is 19.4. The molecule has 5 rings (SSSR count). The molecule has 2 heterocycles. The second-order valence-corrected chi connectivity index (χ2v) is 9.56. The van der Waals surface area contributed by atoms with Crippen molar-refractivity contribution in [2.45, 2.75) is 27.1 Å².